The molecule has 1 amide bonds. The molecule has 0 saturated heterocycles. The van der Waals surface area contributed by atoms with Gasteiger partial charge in [-0.3, -0.25) is 9.48 Å². The number of carbonyl (C=O) groups excluding carboxylic acids is 1. The molecule has 0 saturated carbocycles. The van der Waals surface area contributed by atoms with Gasteiger partial charge in [-0.15, -0.1) is 0 Å². The molecule has 126 valence electrons. The number of carbonyl (C=O) groups is 1. The fourth-order valence-corrected chi connectivity index (χ4v) is 2.77. The van der Waals surface area contributed by atoms with Crippen LogP contribution in [-0.2, 0) is 27.5 Å². The van der Waals surface area contributed by atoms with Crippen LogP contribution in [0.15, 0.2) is 43.7 Å². The Labute approximate surface area is 140 Å². The predicted molar refractivity (Wildman–Crippen MR) is 87.8 cm³/mol. The highest BCUT2D eigenvalue weighted by Crippen LogP contribution is 2.30. The Hall–Kier alpha value is -2.67. The number of nitrogens with zero attached hydrogens (tertiary/aromatic N) is 3. The van der Waals surface area contributed by atoms with Crippen LogP contribution in [0, 0.1) is 0 Å². The van der Waals surface area contributed by atoms with Gasteiger partial charge < -0.3 is 10.2 Å². The fraction of sp³-hybridized carbons (Fsp3) is 0.353. The number of hydrogen-bond acceptors (Lipinski definition) is 5. The minimum atomic E-state index is -0.213. The normalized spacial score (nSPS) is 14.6. The molecule has 1 unspecified atom stereocenters. The molecule has 0 fully saturated rings. The number of nitrogens with one attached hydrogen (secondary N) is 1. The Balaban J connectivity index is 1.68. The van der Waals surface area contributed by atoms with Crippen LogP contribution in [-0.4, -0.2) is 20.7 Å². The van der Waals surface area contributed by atoms with Crippen molar-refractivity contribution >= 4 is 11.6 Å². The lowest BCUT2D eigenvalue weighted by Gasteiger charge is -2.21. The van der Waals surface area contributed by atoms with E-state index in [-0.39, 0.29) is 12.0 Å². The Kier molecular flexibility index (Phi) is 5.22. The molecule has 0 bridgehead atoms. The lowest BCUT2D eigenvalue weighted by Crippen LogP contribution is -2.19. The van der Waals surface area contributed by atoms with Crippen molar-refractivity contribution in [3.8, 4) is 0 Å². The van der Waals surface area contributed by atoms with E-state index in [2.05, 4.69) is 28.0 Å². The molecular weight excluding hydrogens is 308 g/mol. The van der Waals surface area contributed by atoms with Crippen LogP contribution in [0.3, 0.4) is 0 Å². The molecule has 2 heterocycles. The zero-order chi connectivity index (χ0) is 16.8. The standard InChI is InChI=1S/C17H20N4O3/c1-2-23-24-16(4-3-9-21-12-18-11-19-21)14-5-7-15-13(10-14)6-8-17(22)20-15/h2,5,7,10-12,16H,1,3-4,6,8-9H2,(H,20,22). The van der Waals surface area contributed by atoms with Crippen LogP contribution in [0.5, 0.6) is 0 Å². The highest BCUT2D eigenvalue weighted by molar-refractivity contribution is 5.93. The molecule has 1 atom stereocenters. The number of benzene rings is 1. The lowest BCUT2D eigenvalue weighted by atomic mass is 9.96. The van der Waals surface area contributed by atoms with Gasteiger partial charge >= 0.3 is 0 Å². The second-order valence-electron chi connectivity index (χ2n) is 5.61. The summed E-state index contributed by atoms with van der Waals surface area (Å²) in [5.41, 5.74) is 3.02. The first-order chi connectivity index (χ1) is 11.8. The lowest BCUT2D eigenvalue weighted by molar-refractivity contribution is -0.287. The van der Waals surface area contributed by atoms with Crippen molar-refractivity contribution in [2.45, 2.75) is 38.3 Å². The van der Waals surface area contributed by atoms with E-state index in [1.165, 1.54) is 12.6 Å². The second kappa shape index (κ2) is 7.74. The third-order valence-corrected chi connectivity index (χ3v) is 3.96. The van der Waals surface area contributed by atoms with Crippen LogP contribution < -0.4 is 5.32 Å². The first-order valence-electron chi connectivity index (χ1n) is 7.94. The van der Waals surface area contributed by atoms with Crippen molar-refractivity contribution < 1.29 is 14.6 Å². The average molecular weight is 328 g/mol. The predicted octanol–water partition coefficient (Wildman–Crippen LogP) is 2.78. The summed E-state index contributed by atoms with van der Waals surface area (Å²) in [6.45, 7) is 4.27. The Morgan fingerprint density at radius 3 is 3.12 bits per heavy atom. The monoisotopic (exact) mass is 328 g/mol. The quantitative estimate of drug-likeness (QED) is 0.458. The van der Waals surface area contributed by atoms with Crippen LogP contribution in [0.4, 0.5) is 5.69 Å². The molecule has 1 aliphatic heterocycles. The van der Waals surface area contributed by atoms with Crippen molar-refractivity contribution in [3.63, 3.8) is 0 Å². The summed E-state index contributed by atoms with van der Waals surface area (Å²) >= 11 is 0. The number of aryl methyl sites for hydroxylation is 2. The van der Waals surface area contributed by atoms with Crippen molar-refractivity contribution in [1.29, 1.82) is 0 Å². The van der Waals surface area contributed by atoms with E-state index in [4.69, 9.17) is 9.78 Å². The van der Waals surface area contributed by atoms with Gasteiger partial charge in [0.15, 0.2) is 0 Å². The molecule has 7 nitrogen and oxygen atoms in total. The Morgan fingerprint density at radius 2 is 2.33 bits per heavy atom. The maximum Gasteiger partial charge on any atom is 0.224 e. The Bertz CT molecular complexity index is 700. The van der Waals surface area contributed by atoms with E-state index in [9.17, 15) is 4.79 Å². The first-order valence-corrected chi connectivity index (χ1v) is 7.94. The van der Waals surface area contributed by atoms with Crippen molar-refractivity contribution in [1.82, 2.24) is 14.8 Å². The summed E-state index contributed by atoms with van der Waals surface area (Å²) in [4.78, 5) is 25.8. The van der Waals surface area contributed by atoms with Crippen molar-refractivity contribution in [3.05, 3.63) is 54.8 Å². The maximum absolute atomic E-state index is 11.5. The van der Waals surface area contributed by atoms with E-state index in [1.54, 1.807) is 11.0 Å². The van der Waals surface area contributed by atoms with Gasteiger partial charge in [0.1, 0.15) is 25.0 Å². The summed E-state index contributed by atoms with van der Waals surface area (Å²) in [7, 11) is 0. The number of rotatable bonds is 8. The summed E-state index contributed by atoms with van der Waals surface area (Å²) < 4.78 is 1.79. The maximum atomic E-state index is 11.5. The molecule has 2 aromatic rings. The van der Waals surface area contributed by atoms with E-state index in [0.29, 0.717) is 6.42 Å². The molecule has 0 aliphatic carbocycles. The SMILES string of the molecule is C=COOC(CCCn1cncn1)c1ccc2c(c1)CCC(=O)N2. The molecular formula is C17H20N4O3. The van der Waals surface area contributed by atoms with Gasteiger partial charge in [0.25, 0.3) is 0 Å². The summed E-state index contributed by atoms with van der Waals surface area (Å²) in [6, 6.07) is 5.95. The van der Waals surface area contributed by atoms with Gasteiger partial charge in [-0.25, -0.2) is 4.98 Å². The fourth-order valence-electron chi connectivity index (χ4n) is 2.77. The van der Waals surface area contributed by atoms with Crippen LogP contribution in [0.25, 0.3) is 0 Å². The van der Waals surface area contributed by atoms with Gasteiger partial charge in [-0.2, -0.15) is 9.99 Å². The van der Waals surface area contributed by atoms with Gasteiger partial charge in [0.2, 0.25) is 5.91 Å². The van der Waals surface area contributed by atoms with Gasteiger partial charge in [-0.1, -0.05) is 18.7 Å². The van der Waals surface area contributed by atoms with Gasteiger partial charge in [0, 0.05) is 18.7 Å². The molecule has 1 aromatic carbocycles. The average Bonchev–Trinajstić information content (AvgIpc) is 3.11. The van der Waals surface area contributed by atoms with Crippen LogP contribution in [0.2, 0.25) is 0 Å². The van der Waals surface area contributed by atoms with Crippen LogP contribution in [0.1, 0.15) is 36.5 Å². The van der Waals surface area contributed by atoms with Gasteiger partial charge in [0.05, 0.1) is 0 Å². The third-order valence-electron chi connectivity index (χ3n) is 3.96. The molecule has 1 aliphatic rings. The number of amides is 1. The highest BCUT2D eigenvalue weighted by Gasteiger charge is 2.19. The van der Waals surface area contributed by atoms with Gasteiger partial charge in [-0.05, 0) is 36.5 Å². The molecule has 3 rings (SSSR count). The molecule has 24 heavy (non-hydrogen) atoms. The summed E-state index contributed by atoms with van der Waals surface area (Å²) in [5, 5.41) is 6.98. The molecule has 0 spiro atoms. The minimum absolute atomic E-state index is 0.0610. The number of anilines is 1. The topological polar surface area (TPSA) is 78.3 Å². The molecule has 1 N–H and O–H groups in total. The van der Waals surface area contributed by atoms with E-state index < -0.39 is 0 Å². The smallest absolute Gasteiger partial charge is 0.224 e. The Morgan fingerprint density at radius 1 is 1.42 bits per heavy atom. The largest absolute Gasteiger partial charge is 0.346 e. The summed E-state index contributed by atoms with van der Waals surface area (Å²) in [6.07, 6.45) is 7.14. The first kappa shape index (κ1) is 16.2. The zero-order valence-electron chi connectivity index (χ0n) is 13.4. The molecule has 0 radical (unpaired) electrons. The van der Waals surface area contributed by atoms with E-state index in [1.807, 2.05) is 12.1 Å². The number of hydrogen-bond donors (Lipinski definition) is 1. The molecule has 7 heteroatoms. The molecule has 1 aromatic heterocycles. The van der Waals surface area contributed by atoms with Crippen molar-refractivity contribution in [2.75, 3.05) is 5.32 Å². The second-order valence-corrected chi connectivity index (χ2v) is 5.61. The van der Waals surface area contributed by atoms with Crippen LogP contribution >= 0.6 is 0 Å². The van der Waals surface area contributed by atoms with E-state index >= 15 is 0 Å². The van der Waals surface area contributed by atoms with E-state index in [0.717, 1.165) is 42.6 Å². The summed E-state index contributed by atoms with van der Waals surface area (Å²) in [5.74, 6) is 0.0610. The minimum Gasteiger partial charge on any atom is -0.346 e. The highest BCUT2D eigenvalue weighted by atomic mass is 17.2. The third kappa shape index (κ3) is 3.99. The van der Waals surface area contributed by atoms with Crippen molar-refractivity contribution in [2.24, 2.45) is 0 Å². The number of fused-ring (bicyclic) bond motifs is 1. The zero-order valence-corrected chi connectivity index (χ0v) is 13.4. The number of aromatic nitrogens is 3.